The van der Waals surface area contributed by atoms with Crippen molar-refractivity contribution >= 4 is 0 Å². The molecule has 14 heavy (non-hydrogen) atoms. The van der Waals surface area contributed by atoms with E-state index in [1.807, 2.05) is 0 Å². The lowest BCUT2D eigenvalue weighted by atomic mass is 10.0. The first-order valence-corrected chi connectivity index (χ1v) is 6.19. The molecule has 2 nitrogen and oxygen atoms in total. The predicted molar refractivity (Wildman–Crippen MR) is 58.4 cm³/mol. The largest absolute Gasteiger partial charge is 0.373 e. The summed E-state index contributed by atoms with van der Waals surface area (Å²) in [6, 6.07) is 0. The topological polar surface area (TPSA) is 21.3 Å². The summed E-state index contributed by atoms with van der Waals surface area (Å²) in [4.78, 5) is 0. The molecule has 0 spiro atoms. The van der Waals surface area contributed by atoms with Crippen LogP contribution in [0.5, 0.6) is 0 Å². The normalized spacial score (nSPS) is 25.5. The fraction of sp³-hybridized carbons (Fsp3) is 1.00. The highest BCUT2D eigenvalue weighted by atomic mass is 16.5. The summed E-state index contributed by atoms with van der Waals surface area (Å²) in [5.41, 5.74) is 0.207. The molecule has 0 aliphatic heterocycles. The van der Waals surface area contributed by atoms with Gasteiger partial charge in [-0.1, -0.05) is 19.8 Å². The standard InChI is InChI=1S/C12H23NO/c1-2-13-10-12(7-3-4-8-12)14-9-11-5-6-11/h11,13H,2-10H2,1H3. The van der Waals surface area contributed by atoms with Gasteiger partial charge in [-0.05, 0) is 38.1 Å². The van der Waals surface area contributed by atoms with E-state index in [2.05, 4.69) is 12.2 Å². The second-order valence-electron chi connectivity index (χ2n) is 4.92. The lowest BCUT2D eigenvalue weighted by molar-refractivity contribution is -0.0440. The van der Waals surface area contributed by atoms with E-state index < -0.39 is 0 Å². The van der Waals surface area contributed by atoms with Crippen LogP contribution < -0.4 is 5.32 Å². The first kappa shape index (κ1) is 10.4. The Balaban J connectivity index is 1.77. The van der Waals surface area contributed by atoms with Gasteiger partial charge in [0.05, 0.1) is 12.2 Å². The van der Waals surface area contributed by atoms with Crippen LogP contribution in [0.2, 0.25) is 0 Å². The summed E-state index contributed by atoms with van der Waals surface area (Å²) in [5, 5.41) is 3.45. The number of hydrogen-bond acceptors (Lipinski definition) is 2. The van der Waals surface area contributed by atoms with Gasteiger partial charge in [0, 0.05) is 6.54 Å². The fourth-order valence-corrected chi connectivity index (χ4v) is 2.32. The average Bonchev–Trinajstić information content (AvgIpc) is 2.93. The molecule has 0 aromatic rings. The summed E-state index contributed by atoms with van der Waals surface area (Å²) in [6.07, 6.45) is 8.06. The van der Waals surface area contributed by atoms with E-state index in [9.17, 15) is 0 Å². The van der Waals surface area contributed by atoms with Gasteiger partial charge in [-0.15, -0.1) is 0 Å². The lowest BCUT2D eigenvalue weighted by Gasteiger charge is -2.29. The zero-order valence-electron chi connectivity index (χ0n) is 9.35. The van der Waals surface area contributed by atoms with Gasteiger partial charge < -0.3 is 10.1 Å². The van der Waals surface area contributed by atoms with E-state index in [0.29, 0.717) is 0 Å². The van der Waals surface area contributed by atoms with E-state index in [1.165, 1.54) is 38.5 Å². The maximum absolute atomic E-state index is 6.15. The van der Waals surface area contributed by atoms with Gasteiger partial charge >= 0.3 is 0 Å². The van der Waals surface area contributed by atoms with Crippen molar-refractivity contribution in [2.75, 3.05) is 19.7 Å². The van der Waals surface area contributed by atoms with Gasteiger partial charge in [0.25, 0.3) is 0 Å². The Morgan fingerprint density at radius 2 is 2.00 bits per heavy atom. The number of rotatable bonds is 6. The van der Waals surface area contributed by atoms with Crippen LogP contribution in [0.25, 0.3) is 0 Å². The van der Waals surface area contributed by atoms with Gasteiger partial charge in [-0.2, -0.15) is 0 Å². The predicted octanol–water partition coefficient (Wildman–Crippen LogP) is 2.34. The van der Waals surface area contributed by atoms with E-state index in [-0.39, 0.29) is 5.60 Å². The van der Waals surface area contributed by atoms with Crippen LogP contribution in [0.1, 0.15) is 45.4 Å². The third-order valence-corrected chi connectivity index (χ3v) is 3.53. The van der Waals surface area contributed by atoms with Crippen LogP contribution in [-0.4, -0.2) is 25.3 Å². The van der Waals surface area contributed by atoms with Gasteiger partial charge in [0.15, 0.2) is 0 Å². The molecule has 2 rings (SSSR count). The Morgan fingerprint density at radius 1 is 1.29 bits per heavy atom. The van der Waals surface area contributed by atoms with Crippen molar-refractivity contribution in [3.63, 3.8) is 0 Å². The third-order valence-electron chi connectivity index (χ3n) is 3.53. The van der Waals surface area contributed by atoms with Crippen LogP contribution in [-0.2, 0) is 4.74 Å². The summed E-state index contributed by atoms with van der Waals surface area (Å²) in [7, 11) is 0. The molecule has 0 bridgehead atoms. The van der Waals surface area contributed by atoms with Crippen molar-refractivity contribution in [1.29, 1.82) is 0 Å². The van der Waals surface area contributed by atoms with Crippen molar-refractivity contribution in [2.24, 2.45) is 5.92 Å². The molecular formula is C12H23NO. The highest BCUT2D eigenvalue weighted by Gasteiger charge is 2.36. The van der Waals surface area contributed by atoms with E-state index in [0.717, 1.165) is 25.6 Å². The number of ether oxygens (including phenoxy) is 1. The molecule has 1 N–H and O–H groups in total. The van der Waals surface area contributed by atoms with Gasteiger partial charge in [-0.25, -0.2) is 0 Å². The van der Waals surface area contributed by atoms with Crippen LogP contribution in [0.3, 0.4) is 0 Å². The number of likely N-dealkylation sites (N-methyl/N-ethyl adjacent to an activating group) is 1. The molecule has 0 aromatic carbocycles. The minimum absolute atomic E-state index is 0.207. The molecule has 2 fully saturated rings. The van der Waals surface area contributed by atoms with Crippen molar-refractivity contribution in [3.05, 3.63) is 0 Å². The van der Waals surface area contributed by atoms with E-state index in [1.54, 1.807) is 0 Å². The molecule has 82 valence electrons. The second-order valence-corrected chi connectivity index (χ2v) is 4.92. The Hall–Kier alpha value is -0.0800. The molecule has 0 atom stereocenters. The van der Waals surface area contributed by atoms with Gasteiger partial charge in [-0.3, -0.25) is 0 Å². The summed E-state index contributed by atoms with van der Waals surface area (Å²) in [6.45, 7) is 5.32. The van der Waals surface area contributed by atoms with Crippen molar-refractivity contribution in [3.8, 4) is 0 Å². The van der Waals surface area contributed by atoms with Crippen molar-refractivity contribution < 1.29 is 4.74 Å². The summed E-state index contributed by atoms with van der Waals surface area (Å²) in [5.74, 6) is 0.897. The van der Waals surface area contributed by atoms with E-state index in [4.69, 9.17) is 4.74 Å². The molecule has 0 radical (unpaired) electrons. The third kappa shape index (κ3) is 2.71. The molecule has 0 heterocycles. The zero-order chi connectivity index (χ0) is 9.86. The Labute approximate surface area is 87.4 Å². The van der Waals surface area contributed by atoms with Crippen molar-refractivity contribution in [1.82, 2.24) is 5.32 Å². The maximum Gasteiger partial charge on any atom is 0.0806 e. The Morgan fingerprint density at radius 3 is 2.57 bits per heavy atom. The van der Waals surface area contributed by atoms with Crippen molar-refractivity contribution in [2.45, 2.75) is 51.0 Å². The highest BCUT2D eigenvalue weighted by Crippen LogP contribution is 2.36. The second kappa shape index (κ2) is 4.63. The lowest BCUT2D eigenvalue weighted by Crippen LogP contribution is -2.41. The van der Waals surface area contributed by atoms with Crippen LogP contribution >= 0.6 is 0 Å². The maximum atomic E-state index is 6.15. The average molecular weight is 197 g/mol. The summed E-state index contributed by atoms with van der Waals surface area (Å²) < 4.78 is 6.15. The molecule has 0 aromatic heterocycles. The zero-order valence-corrected chi connectivity index (χ0v) is 9.35. The molecule has 2 saturated carbocycles. The van der Waals surface area contributed by atoms with E-state index >= 15 is 0 Å². The van der Waals surface area contributed by atoms with Crippen LogP contribution in [0, 0.1) is 5.92 Å². The molecular weight excluding hydrogens is 174 g/mol. The molecule has 2 aliphatic rings. The quantitative estimate of drug-likeness (QED) is 0.705. The molecule has 0 amide bonds. The molecule has 0 saturated heterocycles. The van der Waals surface area contributed by atoms with Gasteiger partial charge in [0.1, 0.15) is 0 Å². The smallest absolute Gasteiger partial charge is 0.0806 e. The molecule has 0 unspecified atom stereocenters. The number of nitrogens with one attached hydrogen (secondary N) is 1. The Bertz CT molecular complexity index is 171. The molecule has 2 aliphatic carbocycles. The summed E-state index contributed by atoms with van der Waals surface area (Å²) >= 11 is 0. The highest BCUT2D eigenvalue weighted by molar-refractivity contribution is 4.89. The number of hydrogen-bond donors (Lipinski definition) is 1. The first-order valence-electron chi connectivity index (χ1n) is 6.19. The SMILES string of the molecule is CCNCC1(OCC2CC2)CCCC1. The first-order chi connectivity index (χ1) is 6.85. The van der Waals surface area contributed by atoms with Crippen LogP contribution in [0.4, 0.5) is 0 Å². The monoisotopic (exact) mass is 197 g/mol. The van der Waals surface area contributed by atoms with Gasteiger partial charge in [0.2, 0.25) is 0 Å². The fourth-order valence-electron chi connectivity index (χ4n) is 2.32. The molecule has 2 heteroatoms. The minimum atomic E-state index is 0.207. The minimum Gasteiger partial charge on any atom is -0.373 e. The Kier molecular flexibility index (Phi) is 3.45. The van der Waals surface area contributed by atoms with Crippen LogP contribution in [0.15, 0.2) is 0 Å².